The topological polar surface area (TPSA) is 52.7 Å². The molecule has 0 aromatic heterocycles. The van der Waals surface area contributed by atoms with E-state index >= 15 is 0 Å². The molecule has 0 aliphatic carbocycles. The first-order valence-corrected chi connectivity index (χ1v) is 10.9. The number of nitrogens with zero attached hydrogens (tertiary/aromatic N) is 2. The van der Waals surface area contributed by atoms with E-state index in [1.54, 1.807) is 4.90 Å². The molecule has 158 valence electrons. The monoisotopic (exact) mass is 405 g/mol. The molecule has 0 bridgehead atoms. The summed E-state index contributed by atoms with van der Waals surface area (Å²) in [6, 6.07) is 16.9. The van der Waals surface area contributed by atoms with Gasteiger partial charge in [-0.15, -0.1) is 0 Å². The molecule has 2 aromatic carbocycles. The smallest absolute Gasteiger partial charge is 0.227 e. The molecule has 0 saturated carbocycles. The molecule has 0 spiro atoms. The Morgan fingerprint density at radius 3 is 2.37 bits per heavy atom. The van der Waals surface area contributed by atoms with Crippen LogP contribution in [0.25, 0.3) is 0 Å². The maximum absolute atomic E-state index is 12.8. The van der Waals surface area contributed by atoms with Gasteiger partial charge in [0.15, 0.2) is 0 Å². The van der Waals surface area contributed by atoms with Crippen molar-refractivity contribution in [2.45, 2.75) is 45.7 Å². The number of piperidine rings is 1. The zero-order valence-corrected chi connectivity index (χ0v) is 17.9. The molecule has 2 heterocycles. The van der Waals surface area contributed by atoms with E-state index in [1.165, 1.54) is 5.56 Å². The van der Waals surface area contributed by atoms with Crippen LogP contribution in [0.15, 0.2) is 48.5 Å². The molecule has 30 heavy (non-hydrogen) atoms. The summed E-state index contributed by atoms with van der Waals surface area (Å²) in [5.41, 5.74) is 4.50. The van der Waals surface area contributed by atoms with Gasteiger partial charge in [-0.2, -0.15) is 0 Å². The Labute approximate surface area is 179 Å². The molecular weight excluding hydrogens is 374 g/mol. The van der Waals surface area contributed by atoms with Crippen molar-refractivity contribution in [2.24, 2.45) is 5.92 Å². The van der Waals surface area contributed by atoms with Crippen molar-refractivity contribution in [2.75, 3.05) is 24.5 Å². The fraction of sp³-hybridized carbons (Fsp3) is 0.440. The van der Waals surface area contributed by atoms with Crippen LogP contribution in [0.3, 0.4) is 0 Å². The minimum Gasteiger partial charge on any atom is -0.353 e. The van der Waals surface area contributed by atoms with Crippen LogP contribution in [0.4, 0.5) is 5.69 Å². The van der Waals surface area contributed by atoms with Crippen molar-refractivity contribution in [3.8, 4) is 0 Å². The highest BCUT2D eigenvalue weighted by Crippen LogP contribution is 2.27. The second-order valence-corrected chi connectivity index (χ2v) is 8.80. The number of hydrogen-bond acceptors (Lipinski definition) is 3. The van der Waals surface area contributed by atoms with Crippen molar-refractivity contribution in [3.63, 3.8) is 0 Å². The van der Waals surface area contributed by atoms with E-state index in [4.69, 9.17) is 0 Å². The first-order chi connectivity index (χ1) is 14.5. The predicted octanol–water partition coefficient (Wildman–Crippen LogP) is 3.44. The van der Waals surface area contributed by atoms with Crippen LogP contribution in [-0.2, 0) is 16.1 Å². The Morgan fingerprint density at radius 1 is 1.03 bits per heavy atom. The molecule has 2 saturated heterocycles. The second-order valence-electron chi connectivity index (χ2n) is 8.80. The zero-order chi connectivity index (χ0) is 21.1. The average Bonchev–Trinajstić information content (AvgIpc) is 3.11. The number of carbonyl (C=O) groups excluding carboxylic acids is 2. The van der Waals surface area contributed by atoms with Crippen LogP contribution in [-0.4, -0.2) is 42.4 Å². The van der Waals surface area contributed by atoms with Gasteiger partial charge in [-0.3, -0.25) is 14.5 Å². The number of carbonyl (C=O) groups is 2. The molecule has 4 rings (SSSR count). The van der Waals surface area contributed by atoms with E-state index in [9.17, 15) is 9.59 Å². The van der Waals surface area contributed by atoms with Gasteiger partial charge in [0.1, 0.15) is 0 Å². The quantitative estimate of drug-likeness (QED) is 0.829. The molecule has 2 aliphatic rings. The number of rotatable bonds is 5. The van der Waals surface area contributed by atoms with E-state index in [-0.39, 0.29) is 23.8 Å². The average molecular weight is 406 g/mol. The zero-order valence-electron chi connectivity index (χ0n) is 17.9. The molecule has 2 aliphatic heterocycles. The summed E-state index contributed by atoms with van der Waals surface area (Å²) in [5.74, 6) is -0.199. The van der Waals surface area contributed by atoms with Crippen LogP contribution >= 0.6 is 0 Å². The van der Waals surface area contributed by atoms with E-state index in [1.807, 2.05) is 32.0 Å². The number of anilines is 1. The lowest BCUT2D eigenvalue weighted by Gasteiger charge is -2.32. The molecule has 0 radical (unpaired) electrons. The van der Waals surface area contributed by atoms with Gasteiger partial charge in [0, 0.05) is 44.3 Å². The maximum Gasteiger partial charge on any atom is 0.227 e. The van der Waals surface area contributed by atoms with Gasteiger partial charge in [-0.1, -0.05) is 36.4 Å². The minimum atomic E-state index is -0.263. The standard InChI is InChI=1S/C25H31N3O2/c1-18-12-19(2)14-23(13-18)28-17-21(15-24(28)29)25(30)26-22-8-10-27(11-9-22)16-20-6-4-3-5-7-20/h3-7,12-14,21-22H,8-11,15-17H2,1-2H3,(H,26,30)/t21-/m1/s1. The van der Waals surface area contributed by atoms with Gasteiger partial charge in [0.05, 0.1) is 5.92 Å². The third-order valence-electron chi connectivity index (χ3n) is 6.20. The third kappa shape index (κ3) is 4.90. The van der Waals surface area contributed by atoms with E-state index in [2.05, 4.69) is 40.5 Å². The normalized spacial score (nSPS) is 20.5. The molecule has 2 aromatic rings. The van der Waals surface area contributed by atoms with Gasteiger partial charge < -0.3 is 10.2 Å². The number of nitrogens with one attached hydrogen (secondary N) is 1. The lowest BCUT2D eigenvalue weighted by atomic mass is 10.0. The maximum atomic E-state index is 12.8. The van der Waals surface area contributed by atoms with Gasteiger partial charge in [0.2, 0.25) is 11.8 Å². The van der Waals surface area contributed by atoms with Gasteiger partial charge in [-0.25, -0.2) is 0 Å². The molecule has 2 amide bonds. The summed E-state index contributed by atoms with van der Waals surface area (Å²) in [7, 11) is 0. The fourth-order valence-electron chi connectivity index (χ4n) is 4.64. The minimum absolute atomic E-state index is 0.0248. The van der Waals surface area contributed by atoms with Crippen LogP contribution in [0.2, 0.25) is 0 Å². The Hall–Kier alpha value is -2.66. The SMILES string of the molecule is Cc1cc(C)cc(N2C[C@H](C(=O)NC3CCN(Cc4ccccc4)CC3)CC2=O)c1. The fourth-order valence-corrected chi connectivity index (χ4v) is 4.64. The highest BCUT2D eigenvalue weighted by Gasteiger charge is 2.36. The van der Waals surface area contributed by atoms with Crippen molar-refractivity contribution < 1.29 is 9.59 Å². The summed E-state index contributed by atoms with van der Waals surface area (Å²) >= 11 is 0. The number of aryl methyl sites for hydroxylation is 2. The van der Waals surface area contributed by atoms with Crippen molar-refractivity contribution >= 4 is 17.5 Å². The van der Waals surface area contributed by atoms with Crippen LogP contribution in [0.1, 0.15) is 36.0 Å². The summed E-state index contributed by atoms with van der Waals surface area (Å²) < 4.78 is 0. The van der Waals surface area contributed by atoms with Crippen LogP contribution < -0.4 is 10.2 Å². The van der Waals surface area contributed by atoms with E-state index in [0.717, 1.165) is 49.3 Å². The lowest BCUT2D eigenvalue weighted by Crippen LogP contribution is -2.46. The molecule has 1 atom stereocenters. The van der Waals surface area contributed by atoms with Gasteiger partial charge in [0.25, 0.3) is 0 Å². The summed E-state index contributed by atoms with van der Waals surface area (Å²) in [6.07, 6.45) is 2.21. The van der Waals surface area contributed by atoms with E-state index < -0.39 is 0 Å². The molecule has 5 nitrogen and oxygen atoms in total. The second kappa shape index (κ2) is 9.00. The number of likely N-dealkylation sites (tertiary alicyclic amines) is 1. The van der Waals surface area contributed by atoms with Gasteiger partial charge in [-0.05, 0) is 55.5 Å². The number of amides is 2. The van der Waals surface area contributed by atoms with Crippen LogP contribution in [0.5, 0.6) is 0 Å². The predicted molar refractivity (Wildman–Crippen MR) is 119 cm³/mol. The molecule has 0 unspecified atom stereocenters. The highest BCUT2D eigenvalue weighted by molar-refractivity contribution is 6.00. The largest absolute Gasteiger partial charge is 0.353 e. The van der Waals surface area contributed by atoms with Crippen molar-refractivity contribution in [1.82, 2.24) is 10.2 Å². The Balaban J connectivity index is 1.28. The number of hydrogen-bond donors (Lipinski definition) is 1. The van der Waals surface area contributed by atoms with E-state index in [0.29, 0.717) is 13.0 Å². The van der Waals surface area contributed by atoms with Crippen LogP contribution in [0, 0.1) is 19.8 Å². The summed E-state index contributed by atoms with van der Waals surface area (Å²) in [4.78, 5) is 29.6. The third-order valence-corrected chi connectivity index (χ3v) is 6.20. The van der Waals surface area contributed by atoms with Gasteiger partial charge >= 0.3 is 0 Å². The molecular formula is C25H31N3O2. The number of benzene rings is 2. The highest BCUT2D eigenvalue weighted by atomic mass is 16.2. The Morgan fingerprint density at radius 2 is 1.70 bits per heavy atom. The first kappa shape index (κ1) is 20.6. The van der Waals surface area contributed by atoms with Crippen molar-refractivity contribution in [1.29, 1.82) is 0 Å². The lowest BCUT2D eigenvalue weighted by molar-refractivity contribution is -0.127. The first-order valence-electron chi connectivity index (χ1n) is 10.9. The summed E-state index contributed by atoms with van der Waals surface area (Å²) in [5, 5.41) is 3.22. The summed E-state index contributed by atoms with van der Waals surface area (Å²) in [6.45, 7) is 7.47. The van der Waals surface area contributed by atoms with Crippen molar-refractivity contribution in [3.05, 3.63) is 65.2 Å². The Bertz CT molecular complexity index is 884. The molecule has 2 fully saturated rings. The Kier molecular flexibility index (Phi) is 6.18. The molecule has 1 N–H and O–H groups in total. The molecule has 5 heteroatoms.